The van der Waals surface area contributed by atoms with Crippen LogP contribution in [-0.4, -0.2) is 62.7 Å². The van der Waals surface area contributed by atoms with Gasteiger partial charge in [-0.2, -0.15) is 0 Å². The molecular weight excluding hydrogens is 242 g/mol. The fraction of sp³-hybridized carbons (Fsp3) is 0.818. The number of carbonyl (C=O) groups is 2. The maximum Gasteiger partial charge on any atom is 0.329 e. The lowest BCUT2D eigenvalue weighted by molar-refractivity contribution is -0.143. The molecule has 0 bridgehead atoms. The van der Waals surface area contributed by atoms with E-state index in [4.69, 9.17) is 14.6 Å². The van der Waals surface area contributed by atoms with E-state index in [1.807, 2.05) is 13.8 Å². The van der Waals surface area contributed by atoms with Crippen LogP contribution in [0.25, 0.3) is 0 Å². The summed E-state index contributed by atoms with van der Waals surface area (Å²) < 4.78 is 15.1. The Bertz CT molecular complexity index is 244. The Hall–Kier alpha value is -1.18. The van der Waals surface area contributed by atoms with Gasteiger partial charge < -0.3 is 24.6 Å². The maximum atomic E-state index is 11.1. The summed E-state index contributed by atoms with van der Waals surface area (Å²) in [4.78, 5) is 21.2. The third-order valence-corrected chi connectivity index (χ3v) is 1.71. The summed E-state index contributed by atoms with van der Waals surface area (Å²) in [7, 11) is 0. The molecule has 7 heteroatoms. The van der Waals surface area contributed by atoms with Crippen molar-refractivity contribution in [3.8, 4) is 0 Å². The number of ether oxygens (including phenoxy) is 3. The van der Waals surface area contributed by atoms with Crippen molar-refractivity contribution in [3.63, 3.8) is 0 Å². The Morgan fingerprint density at radius 3 is 2.44 bits per heavy atom. The second-order valence-electron chi connectivity index (χ2n) is 3.77. The summed E-state index contributed by atoms with van der Waals surface area (Å²) in [6, 6.07) is 0. The van der Waals surface area contributed by atoms with E-state index in [1.54, 1.807) is 0 Å². The summed E-state index contributed by atoms with van der Waals surface area (Å²) in [6.45, 7) is 4.88. The molecule has 0 heterocycles. The number of aliphatic carboxylic acids is 1. The normalized spacial score (nSPS) is 10.6. The molecule has 2 N–H and O–H groups in total. The van der Waals surface area contributed by atoms with E-state index in [0.29, 0.717) is 26.4 Å². The zero-order valence-corrected chi connectivity index (χ0v) is 10.8. The SMILES string of the molecule is CC(C)OCCOCCNC(=O)COCC(=O)O. The Balaban J connectivity index is 3.22. The predicted molar refractivity (Wildman–Crippen MR) is 63.4 cm³/mol. The minimum Gasteiger partial charge on any atom is -0.480 e. The Morgan fingerprint density at radius 2 is 1.83 bits per heavy atom. The lowest BCUT2D eigenvalue weighted by atomic mass is 10.5. The number of carbonyl (C=O) groups excluding carboxylic acids is 1. The van der Waals surface area contributed by atoms with E-state index in [-0.39, 0.29) is 18.6 Å². The molecule has 1 amide bonds. The molecule has 18 heavy (non-hydrogen) atoms. The van der Waals surface area contributed by atoms with Gasteiger partial charge in [-0.25, -0.2) is 4.79 Å². The molecule has 106 valence electrons. The largest absolute Gasteiger partial charge is 0.480 e. The van der Waals surface area contributed by atoms with Crippen LogP contribution in [-0.2, 0) is 23.8 Å². The summed E-state index contributed by atoms with van der Waals surface area (Å²) in [5.74, 6) is -1.46. The number of carboxylic acid groups (broad SMARTS) is 1. The van der Waals surface area contributed by atoms with Crippen LogP contribution in [0.2, 0.25) is 0 Å². The van der Waals surface area contributed by atoms with Gasteiger partial charge in [0.05, 0.1) is 25.9 Å². The van der Waals surface area contributed by atoms with Gasteiger partial charge in [0.1, 0.15) is 13.2 Å². The van der Waals surface area contributed by atoms with Crippen molar-refractivity contribution in [1.82, 2.24) is 5.32 Å². The summed E-state index contributed by atoms with van der Waals surface area (Å²) in [6.07, 6.45) is 0.180. The molecule has 0 aliphatic heterocycles. The molecule has 0 saturated heterocycles. The molecule has 0 saturated carbocycles. The molecule has 7 nitrogen and oxygen atoms in total. The molecule has 0 aliphatic carbocycles. The average Bonchev–Trinajstić information content (AvgIpc) is 2.26. The molecule has 0 atom stereocenters. The van der Waals surface area contributed by atoms with Gasteiger partial charge in [0.25, 0.3) is 0 Å². The Kier molecular flexibility index (Phi) is 10.2. The molecule has 0 radical (unpaired) electrons. The van der Waals surface area contributed by atoms with E-state index >= 15 is 0 Å². The van der Waals surface area contributed by atoms with Crippen molar-refractivity contribution in [1.29, 1.82) is 0 Å². The molecule has 0 aromatic heterocycles. The zero-order valence-electron chi connectivity index (χ0n) is 10.8. The van der Waals surface area contributed by atoms with Gasteiger partial charge in [-0.3, -0.25) is 4.79 Å². The van der Waals surface area contributed by atoms with Gasteiger partial charge in [-0.15, -0.1) is 0 Å². The number of rotatable bonds is 11. The highest BCUT2D eigenvalue weighted by Crippen LogP contribution is 1.86. The number of nitrogens with one attached hydrogen (secondary N) is 1. The third kappa shape index (κ3) is 12.9. The number of amides is 1. The average molecular weight is 263 g/mol. The van der Waals surface area contributed by atoms with Crippen LogP contribution in [0.5, 0.6) is 0 Å². The molecule has 0 rings (SSSR count). The van der Waals surface area contributed by atoms with E-state index in [2.05, 4.69) is 10.1 Å². The second kappa shape index (κ2) is 10.9. The number of hydrogen-bond donors (Lipinski definition) is 2. The van der Waals surface area contributed by atoms with Crippen LogP contribution in [0.1, 0.15) is 13.8 Å². The standard InChI is InChI=1S/C11H21NO6/c1-9(2)18-6-5-16-4-3-12-10(13)7-17-8-11(14)15/h9H,3-8H2,1-2H3,(H,12,13)(H,14,15). The topological polar surface area (TPSA) is 94.1 Å². The Labute approximate surface area is 106 Å². The van der Waals surface area contributed by atoms with Crippen LogP contribution >= 0.6 is 0 Å². The van der Waals surface area contributed by atoms with Gasteiger partial charge in [0, 0.05) is 6.54 Å². The number of carboxylic acids is 1. The van der Waals surface area contributed by atoms with Gasteiger partial charge in [0.2, 0.25) is 5.91 Å². The van der Waals surface area contributed by atoms with E-state index in [9.17, 15) is 9.59 Å². The highest BCUT2D eigenvalue weighted by molar-refractivity contribution is 5.77. The molecule has 0 aromatic carbocycles. The van der Waals surface area contributed by atoms with Gasteiger partial charge in [-0.05, 0) is 13.8 Å². The lowest BCUT2D eigenvalue weighted by Gasteiger charge is -2.08. The molecule has 0 aliphatic rings. The van der Waals surface area contributed by atoms with Crippen LogP contribution < -0.4 is 5.32 Å². The van der Waals surface area contributed by atoms with Crippen LogP contribution in [0.3, 0.4) is 0 Å². The Morgan fingerprint density at radius 1 is 1.11 bits per heavy atom. The number of hydrogen-bond acceptors (Lipinski definition) is 5. The smallest absolute Gasteiger partial charge is 0.329 e. The molecule has 0 unspecified atom stereocenters. The summed E-state index contributed by atoms with van der Waals surface area (Å²) >= 11 is 0. The molecule has 0 spiro atoms. The fourth-order valence-electron chi connectivity index (χ4n) is 0.989. The van der Waals surface area contributed by atoms with Crippen molar-refractivity contribution in [2.45, 2.75) is 20.0 Å². The summed E-state index contributed by atoms with van der Waals surface area (Å²) in [5.41, 5.74) is 0. The van der Waals surface area contributed by atoms with Crippen molar-refractivity contribution in [3.05, 3.63) is 0 Å². The minimum atomic E-state index is -1.10. The minimum absolute atomic E-state index is 0.180. The zero-order chi connectivity index (χ0) is 13.8. The van der Waals surface area contributed by atoms with Crippen molar-refractivity contribution in [2.75, 3.05) is 39.6 Å². The lowest BCUT2D eigenvalue weighted by Crippen LogP contribution is -2.31. The molecular formula is C11H21NO6. The van der Waals surface area contributed by atoms with Crippen LogP contribution in [0, 0.1) is 0 Å². The highest BCUT2D eigenvalue weighted by atomic mass is 16.5. The summed E-state index contributed by atoms with van der Waals surface area (Å²) in [5, 5.41) is 10.8. The second-order valence-corrected chi connectivity index (χ2v) is 3.77. The van der Waals surface area contributed by atoms with Gasteiger partial charge in [0.15, 0.2) is 0 Å². The van der Waals surface area contributed by atoms with E-state index in [0.717, 1.165) is 0 Å². The maximum absolute atomic E-state index is 11.1. The first-order valence-electron chi connectivity index (χ1n) is 5.78. The van der Waals surface area contributed by atoms with Crippen molar-refractivity contribution < 1.29 is 28.9 Å². The highest BCUT2D eigenvalue weighted by Gasteiger charge is 2.02. The van der Waals surface area contributed by atoms with Crippen LogP contribution in [0.4, 0.5) is 0 Å². The first-order valence-corrected chi connectivity index (χ1v) is 5.78. The predicted octanol–water partition coefficient (Wildman–Crippen LogP) is -0.355. The van der Waals surface area contributed by atoms with Gasteiger partial charge >= 0.3 is 5.97 Å². The van der Waals surface area contributed by atoms with E-state index < -0.39 is 12.6 Å². The van der Waals surface area contributed by atoms with Crippen LogP contribution in [0.15, 0.2) is 0 Å². The van der Waals surface area contributed by atoms with E-state index in [1.165, 1.54) is 0 Å². The first-order chi connectivity index (χ1) is 8.52. The van der Waals surface area contributed by atoms with Gasteiger partial charge in [-0.1, -0.05) is 0 Å². The van der Waals surface area contributed by atoms with Crippen molar-refractivity contribution >= 4 is 11.9 Å². The monoisotopic (exact) mass is 263 g/mol. The first kappa shape index (κ1) is 16.8. The molecule has 0 aromatic rings. The third-order valence-electron chi connectivity index (χ3n) is 1.71. The molecule has 0 fully saturated rings. The fourth-order valence-corrected chi connectivity index (χ4v) is 0.989. The van der Waals surface area contributed by atoms with Crippen molar-refractivity contribution in [2.24, 2.45) is 0 Å². The quantitative estimate of drug-likeness (QED) is 0.495.